The van der Waals surface area contributed by atoms with Crippen LogP contribution >= 0.6 is 0 Å². The summed E-state index contributed by atoms with van der Waals surface area (Å²) in [7, 11) is 1.72. The second-order valence-corrected chi connectivity index (χ2v) is 7.05. The van der Waals surface area contributed by atoms with E-state index in [0.29, 0.717) is 18.5 Å². The number of aliphatic hydroxyl groups is 1. The van der Waals surface area contributed by atoms with Gasteiger partial charge in [-0.25, -0.2) is 0 Å². The summed E-state index contributed by atoms with van der Waals surface area (Å²) in [5, 5.41) is 12.6. The van der Waals surface area contributed by atoms with Gasteiger partial charge in [-0.05, 0) is 43.2 Å². The van der Waals surface area contributed by atoms with Gasteiger partial charge in [0, 0.05) is 23.6 Å². The molecule has 0 spiro atoms. The molecular formula is C18H25NO3. The minimum Gasteiger partial charge on any atom is -0.493 e. The lowest BCUT2D eigenvalue weighted by atomic mass is 9.56. The Kier molecular flexibility index (Phi) is 3.35. The van der Waals surface area contributed by atoms with E-state index in [2.05, 4.69) is 18.3 Å². The molecule has 0 radical (unpaired) electrons. The molecule has 2 N–H and O–H groups in total. The summed E-state index contributed by atoms with van der Waals surface area (Å²) in [4.78, 5) is 0. The largest absolute Gasteiger partial charge is 0.493 e. The van der Waals surface area contributed by atoms with Crippen molar-refractivity contribution in [2.45, 2.75) is 50.2 Å². The number of nitrogens with one attached hydrogen (secondary N) is 1. The normalized spacial score (nSPS) is 35.0. The summed E-state index contributed by atoms with van der Waals surface area (Å²) in [6.45, 7) is 3.18. The van der Waals surface area contributed by atoms with Crippen LogP contribution in [-0.4, -0.2) is 37.5 Å². The number of methoxy groups -OCH3 is 1. The minimum atomic E-state index is 0.0723. The zero-order valence-electron chi connectivity index (χ0n) is 13.4. The second-order valence-electron chi connectivity index (χ2n) is 7.05. The van der Waals surface area contributed by atoms with Crippen LogP contribution in [0.15, 0.2) is 12.1 Å². The lowest BCUT2D eigenvalue weighted by molar-refractivity contribution is 0.0249. The zero-order valence-corrected chi connectivity index (χ0v) is 13.4. The third kappa shape index (κ3) is 1.77. The number of ether oxygens (including phenoxy) is 2. The molecule has 0 saturated heterocycles. The van der Waals surface area contributed by atoms with Gasteiger partial charge in [0.15, 0.2) is 11.5 Å². The topological polar surface area (TPSA) is 50.7 Å². The number of hydrogen-bond donors (Lipinski definition) is 2. The predicted octanol–water partition coefficient (Wildman–Crippen LogP) is 2.02. The second kappa shape index (κ2) is 5.14. The van der Waals surface area contributed by atoms with Gasteiger partial charge >= 0.3 is 0 Å². The van der Waals surface area contributed by atoms with Crippen molar-refractivity contribution in [1.82, 2.24) is 5.32 Å². The Balaban J connectivity index is 1.80. The van der Waals surface area contributed by atoms with Gasteiger partial charge in [0.05, 0.1) is 13.7 Å². The summed E-state index contributed by atoms with van der Waals surface area (Å²) in [6, 6.07) is 4.57. The molecule has 0 amide bonds. The van der Waals surface area contributed by atoms with Gasteiger partial charge in [-0.1, -0.05) is 13.0 Å². The zero-order chi connectivity index (χ0) is 15.3. The van der Waals surface area contributed by atoms with E-state index >= 15 is 0 Å². The molecule has 120 valence electrons. The van der Waals surface area contributed by atoms with Crippen molar-refractivity contribution in [2.75, 3.05) is 20.3 Å². The van der Waals surface area contributed by atoms with Crippen LogP contribution in [0.2, 0.25) is 0 Å². The van der Waals surface area contributed by atoms with Crippen molar-refractivity contribution in [3.63, 3.8) is 0 Å². The van der Waals surface area contributed by atoms with E-state index in [1.54, 1.807) is 7.11 Å². The smallest absolute Gasteiger partial charge is 0.165 e. The maximum atomic E-state index is 9.14. The van der Waals surface area contributed by atoms with Crippen LogP contribution in [0, 0.1) is 5.92 Å². The van der Waals surface area contributed by atoms with Crippen LogP contribution < -0.4 is 14.8 Å². The van der Waals surface area contributed by atoms with Gasteiger partial charge in [-0.15, -0.1) is 0 Å². The first-order valence-electron chi connectivity index (χ1n) is 8.41. The SMILES string of the molecule is COc1ccc2c3c1O[C@@H]1C(NCCO)CCC(CC2)C31C. The number of aryl methyl sites for hydroxylation is 1. The fourth-order valence-corrected chi connectivity index (χ4v) is 5.07. The maximum absolute atomic E-state index is 9.14. The molecule has 4 nitrogen and oxygen atoms in total. The Labute approximate surface area is 131 Å². The molecule has 4 rings (SSSR count). The number of hydrogen-bond acceptors (Lipinski definition) is 4. The van der Waals surface area contributed by atoms with Gasteiger partial charge in [0.25, 0.3) is 0 Å². The quantitative estimate of drug-likeness (QED) is 0.893. The molecule has 0 bridgehead atoms. The fourth-order valence-electron chi connectivity index (χ4n) is 5.07. The van der Waals surface area contributed by atoms with Gasteiger partial charge in [0.2, 0.25) is 0 Å². The van der Waals surface area contributed by atoms with E-state index in [4.69, 9.17) is 14.6 Å². The standard InChI is InChI=1S/C18H25NO3/c1-18-12-5-3-11-4-8-14(21-2)16(15(11)18)22-17(18)13(7-6-12)19-9-10-20/h4,8,12-13,17,19-20H,3,5-7,9-10H2,1-2H3/t12?,13?,17-,18?/m1/s1. The van der Waals surface area contributed by atoms with Crippen LogP contribution in [0.3, 0.4) is 0 Å². The average molecular weight is 303 g/mol. The lowest BCUT2D eigenvalue weighted by Gasteiger charge is -2.49. The Hall–Kier alpha value is -1.26. The summed E-state index contributed by atoms with van der Waals surface area (Å²) < 4.78 is 12.0. The molecule has 2 aliphatic carbocycles. The van der Waals surface area contributed by atoms with Crippen LogP contribution in [0.4, 0.5) is 0 Å². The summed E-state index contributed by atoms with van der Waals surface area (Å²) in [5.74, 6) is 2.51. The van der Waals surface area contributed by atoms with Crippen molar-refractivity contribution in [3.8, 4) is 11.5 Å². The Bertz CT molecular complexity index is 588. The Morgan fingerprint density at radius 3 is 3.00 bits per heavy atom. The van der Waals surface area contributed by atoms with Crippen LogP contribution in [0.5, 0.6) is 11.5 Å². The first kappa shape index (κ1) is 14.3. The highest BCUT2D eigenvalue weighted by Gasteiger charge is 2.58. The highest BCUT2D eigenvalue weighted by Crippen LogP contribution is 2.60. The molecule has 4 heteroatoms. The first-order valence-corrected chi connectivity index (χ1v) is 8.41. The molecule has 1 aliphatic heterocycles. The molecule has 1 fully saturated rings. The number of benzene rings is 1. The van der Waals surface area contributed by atoms with Crippen molar-refractivity contribution >= 4 is 0 Å². The predicted molar refractivity (Wildman–Crippen MR) is 84.7 cm³/mol. The molecule has 1 aromatic carbocycles. The van der Waals surface area contributed by atoms with E-state index in [1.165, 1.54) is 24.0 Å². The Morgan fingerprint density at radius 2 is 2.23 bits per heavy atom. The molecule has 1 heterocycles. The van der Waals surface area contributed by atoms with Gasteiger partial charge in [-0.3, -0.25) is 0 Å². The molecule has 3 aliphatic rings. The summed E-state index contributed by atoms with van der Waals surface area (Å²) in [6.07, 6.45) is 4.90. The first-order chi connectivity index (χ1) is 10.7. The maximum Gasteiger partial charge on any atom is 0.165 e. The molecule has 1 aromatic rings. The molecule has 0 aromatic heterocycles. The van der Waals surface area contributed by atoms with Crippen molar-refractivity contribution in [2.24, 2.45) is 5.92 Å². The van der Waals surface area contributed by atoms with Crippen LogP contribution in [0.25, 0.3) is 0 Å². The van der Waals surface area contributed by atoms with Gasteiger partial charge in [0.1, 0.15) is 6.10 Å². The third-order valence-corrected chi connectivity index (χ3v) is 6.12. The van der Waals surface area contributed by atoms with Crippen molar-refractivity contribution < 1.29 is 14.6 Å². The Morgan fingerprint density at radius 1 is 1.36 bits per heavy atom. The average Bonchev–Trinajstić information content (AvgIpc) is 2.86. The minimum absolute atomic E-state index is 0.0723. The van der Waals surface area contributed by atoms with Gasteiger partial charge < -0.3 is 19.9 Å². The lowest BCUT2D eigenvalue weighted by Crippen LogP contribution is -2.58. The van der Waals surface area contributed by atoms with Crippen molar-refractivity contribution in [3.05, 3.63) is 23.3 Å². The molecule has 4 atom stereocenters. The van der Waals surface area contributed by atoms with Gasteiger partial charge in [-0.2, -0.15) is 0 Å². The molecule has 3 unspecified atom stereocenters. The molecular weight excluding hydrogens is 278 g/mol. The van der Waals surface area contributed by atoms with E-state index < -0.39 is 0 Å². The summed E-state index contributed by atoms with van der Waals surface area (Å²) >= 11 is 0. The van der Waals surface area contributed by atoms with E-state index in [1.807, 2.05) is 6.07 Å². The van der Waals surface area contributed by atoms with Crippen LogP contribution in [0.1, 0.15) is 37.3 Å². The van der Waals surface area contributed by atoms with Crippen molar-refractivity contribution in [1.29, 1.82) is 0 Å². The highest BCUT2D eigenvalue weighted by atomic mass is 16.5. The van der Waals surface area contributed by atoms with E-state index in [0.717, 1.165) is 24.3 Å². The fraction of sp³-hybridized carbons (Fsp3) is 0.667. The highest BCUT2D eigenvalue weighted by molar-refractivity contribution is 5.59. The number of rotatable bonds is 4. The van der Waals surface area contributed by atoms with Crippen LogP contribution in [-0.2, 0) is 11.8 Å². The number of aliphatic hydroxyl groups excluding tert-OH is 1. The molecule has 1 saturated carbocycles. The van der Waals surface area contributed by atoms with E-state index in [-0.39, 0.29) is 18.1 Å². The third-order valence-electron chi connectivity index (χ3n) is 6.12. The van der Waals surface area contributed by atoms with E-state index in [9.17, 15) is 0 Å². The monoisotopic (exact) mass is 303 g/mol. The molecule has 22 heavy (non-hydrogen) atoms. The summed E-state index contributed by atoms with van der Waals surface area (Å²) in [5.41, 5.74) is 2.89.